The normalized spacial score (nSPS) is 11.9. The fraction of sp³-hybridized carbons (Fsp3) is 0.400. The summed E-state index contributed by atoms with van der Waals surface area (Å²) >= 11 is 0. The molecule has 0 amide bonds. The second-order valence-corrected chi connectivity index (χ2v) is 3.21. The predicted octanol–water partition coefficient (Wildman–Crippen LogP) is 1.14. The van der Waals surface area contributed by atoms with Gasteiger partial charge in [-0.15, -0.1) is 17.0 Å². The van der Waals surface area contributed by atoms with Gasteiger partial charge in [0, 0.05) is 6.04 Å². The second kappa shape index (κ2) is 6.01. The van der Waals surface area contributed by atoms with E-state index >= 15 is 0 Å². The number of rotatable bonds is 3. The highest BCUT2D eigenvalue weighted by atomic mass is 79.9. The number of benzene rings is 1. The van der Waals surface area contributed by atoms with Crippen molar-refractivity contribution in [2.75, 3.05) is 6.61 Å². The van der Waals surface area contributed by atoms with Crippen LogP contribution < -0.4 is 5.73 Å². The lowest BCUT2D eigenvalue weighted by Crippen LogP contribution is -2.27. The molecule has 1 unspecified atom stereocenters. The highest BCUT2D eigenvalue weighted by Gasteiger charge is 2.06. The zero-order valence-electron chi connectivity index (χ0n) is 8.10. The van der Waals surface area contributed by atoms with Crippen LogP contribution in [0.4, 0.5) is 0 Å². The summed E-state index contributed by atoms with van der Waals surface area (Å²) in [7, 11) is 0. The maximum Gasteiger partial charge on any atom is 0.118 e. The average molecular weight is 262 g/mol. The van der Waals surface area contributed by atoms with Gasteiger partial charge in [0.2, 0.25) is 0 Å². The molecular formula is C10H16BrNO2. The number of hydrogen-bond donors (Lipinski definition) is 3. The highest BCUT2D eigenvalue weighted by molar-refractivity contribution is 8.93. The van der Waals surface area contributed by atoms with Crippen molar-refractivity contribution >= 4 is 17.0 Å². The Morgan fingerprint density at radius 2 is 2.07 bits per heavy atom. The van der Waals surface area contributed by atoms with E-state index in [2.05, 4.69) is 0 Å². The topological polar surface area (TPSA) is 66.5 Å². The molecule has 0 fully saturated rings. The molecule has 1 rings (SSSR count). The molecule has 0 radical (unpaired) electrons. The van der Waals surface area contributed by atoms with Gasteiger partial charge in [-0.25, -0.2) is 0 Å². The number of halogens is 1. The standard InChI is InChI=1S/C10H15NO2.BrH/c1-7-8(5-9(11)6-12)3-2-4-10(7)13;/h2-4,9,12-13H,5-6,11H2,1H3;1H. The van der Waals surface area contributed by atoms with Gasteiger partial charge in [-0.05, 0) is 30.5 Å². The van der Waals surface area contributed by atoms with Gasteiger partial charge in [0.15, 0.2) is 0 Å². The average Bonchev–Trinajstić information content (AvgIpc) is 2.13. The smallest absolute Gasteiger partial charge is 0.118 e. The number of aliphatic hydroxyl groups excluding tert-OH is 1. The molecule has 0 saturated heterocycles. The zero-order valence-corrected chi connectivity index (χ0v) is 9.82. The molecule has 0 heterocycles. The largest absolute Gasteiger partial charge is 0.508 e. The first-order chi connectivity index (χ1) is 6.15. The molecule has 0 aromatic heterocycles. The van der Waals surface area contributed by atoms with E-state index in [1.807, 2.05) is 13.0 Å². The monoisotopic (exact) mass is 261 g/mol. The van der Waals surface area contributed by atoms with Gasteiger partial charge >= 0.3 is 0 Å². The van der Waals surface area contributed by atoms with Gasteiger partial charge in [-0.2, -0.15) is 0 Å². The lowest BCUT2D eigenvalue weighted by Gasteiger charge is -2.11. The third kappa shape index (κ3) is 3.29. The summed E-state index contributed by atoms with van der Waals surface area (Å²) in [5.74, 6) is 0.280. The van der Waals surface area contributed by atoms with Crippen LogP contribution in [0.5, 0.6) is 5.75 Å². The Morgan fingerprint density at radius 1 is 1.43 bits per heavy atom. The Balaban J connectivity index is 0.00000169. The number of aromatic hydroxyl groups is 1. The Bertz CT molecular complexity index is 291. The Hall–Kier alpha value is -0.580. The molecule has 0 bridgehead atoms. The van der Waals surface area contributed by atoms with Crippen LogP contribution in [0.3, 0.4) is 0 Å². The maximum atomic E-state index is 9.38. The van der Waals surface area contributed by atoms with Gasteiger partial charge in [0.25, 0.3) is 0 Å². The first-order valence-corrected chi connectivity index (χ1v) is 4.29. The molecule has 1 aromatic carbocycles. The van der Waals surface area contributed by atoms with Gasteiger partial charge in [-0.3, -0.25) is 0 Å². The summed E-state index contributed by atoms with van der Waals surface area (Å²) in [6.45, 7) is 1.81. The van der Waals surface area contributed by atoms with E-state index in [1.54, 1.807) is 12.1 Å². The van der Waals surface area contributed by atoms with E-state index in [-0.39, 0.29) is 35.4 Å². The lowest BCUT2D eigenvalue weighted by molar-refractivity contribution is 0.265. The predicted molar refractivity (Wildman–Crippen MR) is 61.9 cm³/mol. The first-order valence-electron chi connectivity index (χ1n) is 4.29. The van der Waals surface area contributed by atoms with E-state index in [1.165, 1.54) is 0 Å². The van der Waals surface area contributed by atoms with E-state index in [0.29, 0.717) is 6.42 Å². The molecule has 14 heavy (non-hydrogen) atoms. The molecule has 0 aliphatic rings. The van der Waals surface area contributed by atoms with Crippen LogP contribution in [0.2, 0.25) is 0 Å². The zero-order chi connectivity index (χ0) is 9.84. The highest BCUT2D eigenvalue weighted by Crippen LogP contribution is 2.20. The molecule has 80 valence electrons. The first kappa shape index (κ1) is 13.4. The van der Waals surface area contributed by atoms with E-state index < -0.39 is 0 Å². The quantitative estimate of drug-likeness (QED) is 0.765. The molecule has 0 spiro atoms. The van der Waals surface area contributed by atoms with E-state index in [9.17, 15) is 5.11 Å². The van der Waals surface area contributed by atoms with Crippen molar-refractivity contribution in [3.63, 3.8) is 0 Å². The fourth-order valence-corrected chi connectivity index (χ4v) is 1.24. The number of phenols is 1. The van der Waals surface area contributed by atoms with Crippen LogP contribution in [0.1, 0.15) is 11.1 Å². The van der Waals surface area contributed by atoms with Crippen molar-refractivity contribution in [3.8, 4) is 5.75 Å². The summed E-state index contributed by atoms with van der Waals surface area (Å²) in [6, 6.07) is 5.08. The minimum Gasteiger partial charge on any atom is -0.508 e. The van der Waals surface area contributed by atoms with Gasteiger partial charge in [0.1, 0.15) is 5.75 Å². The molecule has 0 aliphatic heterocycles. The van der Waals surface area contributed by atoms with Crippen molar-refractivity contribution in [3.05, 3.63) is 29.3 Å². The molecule has 1 atom stereocenters. The number of phenolic OH excluding ortho intramolecular Hbond substituents is 1. The van der Waals surface area contributed by atoms with Gasteiger partial charge in [0.05, 0.1) is 6.61 Å². The molecule has 4 heteroatoms. The summed E-state index contributed by atoms with van der Waals surface area (Å²) in [5, 5.41) is 18.2. The van der Waals surface area contributed by atoms with Gasteiger partial charge < -0.3 is 15.9 Å². The summed E-state index contributed by atoms with van der Waals surface area (Å²) in [5.41, 5.74) is 7.42. The number of nitrogens with two attached hydrogens (primary N) is 1. The SMILES string of the molecule is Br.Cc1c(O)cccc1CC(N)CO. The van der Waals surface area contributed by atoms with E-state index in [0.717, 1.165) is 11.1 Å². The van der Waals surface area contributed by atoms with Crippen LogP contribution in [-0.4, -0.2) is 22.9 Å². The Kier molecular flexibility index (Phi) is 5.76. The third-order valence-electron chi connectivity index (χ3n) is 2.13. The molecule has 0 saturated carbocycles. The van der Waals surface area contributed by atoms with Crippen molar-refractivity contribution in [1.82, 2.24) is 0 Å². The number of aliphatic hydroxyl groups is 1. The van der Waals surface area contributed by atoms with Gasteiger partial charge in [-0.1, -0.05) is 12.1 Å². The van der Waals surface area contributed by atoms with Crippen LogP contribution >= 0.6 is 17.0 Å². The fourth-order valence-electron chi connectivity index (χ4n) is 1.24. The van der Waals surface area contributed by atoms with Crippen LogP contribution in [-0.2, 0) is 6.42 Å². The van der Waals surface area contributed by atoms with Crippen LogP contribution in [0.15, 0.2) is 18.2 Å². The molecular weight excluding hydrogens is 246 g/mol. The molecule has 1 aromatic rings. The maximum absolute atomic E-state index is 9.38. The Labute approximate surface area is 94.3 Å². The van der Waals surface area contributed by atoms with Crippen LogP contribution in [0, 0.1) is 6.92 Å². The van der Waals surface area contributed by atoms with Crippen molar-refractivity contribution in [2.24, 2.45) is 5.73 Å². The third-order valence-corrected chi connectivity index (χ3v) is 2.13. The van der Waals surface area contributed by atoms with Crippen molar-refractivity contribution in [2.45, 2.75) is 19.4 Å². The molecule has 0 aliphatic carbocycles. The minimum absolute atomic E-state index is 0. The van der Waals surface area contributed by atoms with Crippen LogP contribution in [0.25, 0.3) is 0 Å². The molecule has 4 N–H and O–H groups in total. The van der Waals surface area contributed by atoms with Crippen molar-refractivity contribution < 1.29 is 10.2 Å². The second-order valence-electron chi connectivity index (χ2n) is 3.21. The van der Waals surface area contributed by atoms with E-state index in [4.69, 9.17) is 10.8 Å². The summed E-state index contributed by atoms with van der Waals surface area (Å²) in [4.78, 5) is 0. The van der Waals surface area contributed by atoms with Crippen molar-refractivity contribution in [1.29, 1.82) is 0 Å². The minimum atomic E-state index is -0.250. The lowest BCUT2D eigenvalue weighted by atomic mass is 10.0. The summed E-state index contributed by atoms with van der Waals surface area (Å²) in [6.07, 6.45) is 0.594. The Morgan fingerprint density at radius 3 is 2.64 bits per heavy atom. The number of hydrogen-bond acceptors (Lipinski definition) is 3. The molecule has 3 nitrogen and oxygen atoms in total. The summed E-state index contributed by atoms with van der Waals surface area (Å²) < 4.78 is 0.